The summed E-state index contributed by atoms with van der Waals surface area (Å²) in [6.07, 6.45) is 1.50. The van der Waals surface area contributed by atoms with Gasteiger partial charge in [-0.1, -0.05) is 42.1 Å². The lowest BCUT2D eigenvalue weighted by molar-refractivity contribution is -0.113. The van der Waals surface area contributed by atoms with Crippen molar-refractivity contribution in [2.45, 2.75) is 5.03 Å². The van der Waals surface area contributed by atoms with Crippen LogP contribution in [-0.4, -0.2) is 21.6 Å². The molecule has 27 heavy (non-hydrogen) atoms. The lowest BCUT2D eigenvalue weighted by atomic mass is 10.1. The lowest BCUT2D eigenvalue weighted by Crippen LogP contribution is -2.14. The van der Waals surface area contributed by atoms with Crippen molar-refractivity contribution in [3.8, 4) is 11.1 Å². The number of aromatic nitrogens is 2. The fourth-order valence-corrected chi connectivity index (χ4v) is 4.44. The summed E-state index contributed by atoms with van der Waals surface area (Å²) in [6, 6.07) is 15.7. The summed E-state index contributed by atoms with van der Waals surface area (Å²) in [4.78, 5) is 21.8. The summed E-state index contributed by atoms with van der Waals surface area (Å²) in [5, 5.41) is 6.49. The van der Waals surface area contributed by atoms with Gasteiger partial charge in [0.15, 0.2) is 0 Å². The Labute approximate surface area is 163 Å². The molecule has 2 heterocycles. The Hall–Kier alpha value is -2.77. The van der Waals surface area contributed by atoms with Crippen LogP contribution in [0.2, 0.25) is 0 Å². The van der Waals surface area contributed by atoms with Crippen molar-refractivity contribution in [2.75, 3.05) is 11.1 Å². The zero-order valence-electron chi connectivity index (χ0n) is 14.1. The second-order valence-electron chi connectivity index (χ2n) is 5.72. The highest BCUT2D eigenvalue weighted by Gasteiger charge is 2.15. The maximum Gasteiger partial charge on any atom is 0.234 e. The Kier molecular flexibility index (Phi) is 5.13. The second kappa shape index (κ2) is 7.85. The number of nitrogens with one attached hydrogen (secondary N) is 1. The zero-order valence-corrected chi connectivity index (χ0v) is 15.7. The Balaban J connectivity index is 1.57. The van der Waals surface area contributed by atoms with Gasteiger partial charge < -0.3 is 5.32 Å². The van der Waals surface area contributed by atoms with Gasteiger partial charge in [-0.3, -0.25) is 4.79 Å². The van der Waals surface area contributed by atoms with Gasteiger partial charge in [0.05, 0.1) is 11.1 Å². The monoisotopic (exact) mass is 395 g/mol. The minimum absolute atomic E-state index is 0.100. The van der Waals surface area contributed by atoms with Gasteiger partial charge in [0.1, 0.15) is 22.0 Å². The minimum Gasteiger partial charge on any atom is -0.325 e. The topological polar surface area (TPSA) is 54.9 Å². The van der Waals surface area contributed by atoms with Gasteiger partial charge in [0, 0.05) is 16.6 Å². The SMILES string of the molecule is O=C(CSc1ncnc2scc(-c3ccc(F)cc3)c12)Nc1ccccc1. The van der Waals surface area contributed by atoms with Crippen LogP contribution in [0.1, 0.15) is 0 Å². The van der Waals surface area contributed by atoms with E-state index in [9.17, 15) is 9.18 Å². The number of halogens is 1. The number of nitrogens with zero attached hydrogens (tertiary/aromatic N) is 2. The first-order valence-corrected chi connectivity index (χ1v) is 10.0. The average molecular weight is 395 g/mol. The van der Waals surface area contributed by atoms with Gasteiger partial charge in [-0.15, -0.1) is 11.3 Å². The van der Waals surface area contributed by atoms with Crippen molar-refractivity contribution in [1.82, 2.24) is 9.97 Å². The molecule has 4 rings (SSSR count). The largest absolute Gasteiger partial charge is 0.325 e. The van der Waals surface area contributed by atoms with Crippen LogP contribution in [0.3, 0.4) is 0 Å². The summed E-state index contributed by atoms with van der Waals surface area (Å²) in [5.41, 5.74) is 2.60. The maximum absolute atomic E-state index is 13.2. The number of carbonyl (C=O) groups excluding carboxylic acids is 1. The molecule has 0 saturated heterocycles. The molecule has 1 amide bonds. The molecule has 0 aliphatic rings. The smallest absolute Gasteiger partial charge is 0.234 e. The van der Waals surface area contributed by atoms with Crippen LogP contribution in [-0.2, 0) is 4.79 Å². The van der Waals surface area contributed by atoms with Crippen molar-refractivity contribution in [3.63, 3.8) is 0 Å². The van der Waals surface area contributed by atoms with E-state index in [-0.39, 0.29) is 17.5 Å². The Morgan fingerprint density at radius 2 is 1.85 bits per heavy atom. The molecule has 0 aliphatic carbocycles. The molecule has 0 saturated carbocycles. The number of hydrogen-bond acceptors (Lipinski definition) is 5. The third-order valence-electron chi connectivity index (χ3n) is 3.89. The van der Waals surface area contributed by atoms with Crippen LogP contribution in [0.4, 0.5) is 10.1 Å². The highest BCUT2D eigenvalue weighted by atomic mass is 32.2. The number of thioether (sulfide) groups is 1. The predicted octanol–water partition coefficient (Wildman–Crippen LogP) is 5.23. The molecule has 2 aromatic heterocycles. The van der Waals surface area contributed by atoms with Crippen molar-refractivity contribution in [1.29, 1.82) is 0 Å². The highest BCUT2D eigenvalue weighted by Crippen LogP contribution is 2.37. The fourth-order valence-electron chi connectivity index (χ4n) is 2.65. The first kappa shape index (κ1) is 17.6. The molecule has 134 valence electrons. The predicted molar refractivity (Wildman–Crippen MR) is 109 cm³/mol. The van der Waals surface area contributed by atoms with E-state index in [4.69, 9.17) is 0 Å². The van der Waals surface area contributed by atoms with Crippen LogP contribution in [0.25, 0.3) is 21.3 Å². The van der Waals surface area contributed by atoms with Crippen LogP contribution < -0.4 is 5.32 Å². The summed E-state index contributed by atoms with van der Waals surface area (Å²) >= 11 is 2.87. The second-order valence-corrected chi connectivity index (χ2v) is 7.54. The first-order chi connectivity index (χ1) is 13.2. The summed E-state index contributed by atoms with van der Waals surface area (Å²) < 4.78 is 13.2. The molecule has 7 heteroatoms. The van der Waals surface area contributed by atoms with E-state index in [0.717, 1.165) is 32.1 Å². The normalized spacial score (nSPS) is 10.9. The van der Waals surface area contributed by atoms with E-state index in [1.807, 2.05) is 35.7 Å². The minimum atomic E-state index is -0.276. The van der Waals surface area contributed by atoms with E-state index < -0.39 is 0 Å². The molecule has 0 radical (unpaired) electrons. The van der Waals surface area contributed by atoms with E-state index >= 15 is 0 Å². The number of amides is 1. The highest BCUT2D eigenvalue weighted by molar-refractivity contribution is 8.00. The molecule has 0 aliphatic heterocycles. The van der Waals surface area contributed by atoms with Crippen LogP contribution >= 0.6 is 23.1 Å². The number of para-hydroxylation sites is 1. The van der Waals surface area contributed by atoms with Crippen LogP contribution in [0.15, 0.2) is 71.3 Å². The van der Waals surface area contributed by atoms with Crippen molar-refractivity contribution >= 4 is 44.9 Å². The van der Waals surface area contributed by atoms with E-state index in [2.05, 4.69) is 15.3 Å². The van der Waals surface area contributed by atoms with Gasteiger partial charge >= 0.3 is 0 Å². The molecule has 0 fully saturated rings. The number of carbonyl (C=O) groups is 1. The Morgan fingerprint density at radius 1 is 1.07 bits per heavy atom. The molecule has 4 aromatic rings. The average Bonchev–Trinajstić information content (AvgIpc) is 3.12. The van der Waals surface area contributed by atoms with Crippen molar-refractivity contribution in [2.24, 2.45) is 0 Å². The number of anilines is 1. The first-order valence-electron chi connectivity index (χ1n) is 8.16. The van der Waals surface area contributed by atoms with E-state index in [1.165, 1.54) is 41.6 Å². The maximum atomic E-state index is 13.2. The number of rotatable bonds is 5. The standard InChI is InChI=1S/C20H14FN3OS2/c21-14-8-6-13(7-9-14)16-10-26-19-18(16)20(23-12-22-19)27-11-17(25)24-15-4-2-1-3-5-15/h1-10,12H,11H2,(H,24,25). The lowest BCUT2D eigenvalue weighted by Gasteiger charge is -2.07. The number of thiophene rings is 1. The molecule has 2 aromatic carbocycles. The molecule has 0 unspecified atom stereocenters. The quantitative estimate of drug-likeness (QED) is 0.371. The van der Waals surface area contributed by atoms with E-state index in [0.29, 0.717) is 0 Å². The van der Waals surface area contributed by atoms with Gasteiger partial charge in [0.25, 0.3) is 0 Å². The summed E-state index contributed by atoms with van der Waals surface area (Å²) in [6.45, 7) is 0. The van der Waals surface area contributed by atoms with Gasteiger partial charge in [-0.05, 0) is 29.8 Å². The van der Waals surface area contributed by atoms with Crippen molar-refractivity contribution < 1.29 is 9.18 Å². The molecular formula is C20H14FN3OS2. The van der Waals surface area contributed by atoms with Gasteiger partial charge in [0.2, 0.25) is 5.91 Å². The molecular weight excluding hydrogens is 381 g/mol. The summed E-state index contributed by atoms with van der Waals surface area (Å²) in [7, 11) is 0. The Morgan fingerprint density at radius 3 is 2.63 bits per heavy atom. The van der Waals surface area contributed by atoms with Crippen LogP contribution in [0.5, 0.6) is 0 Å². The fraction of sp³-hybridized carbons (Fsp3) is 0.0500. The zero-order chi connectivity index (χ0) is 18.6. The number of fused-ring (bicyclic) bond motifs is 1. The van der Waals surface area contributed by atoms with Gasteiger partial charge in [-0.2, -0.15) is 0 Å². The molecule has 1 N–H and O–H groups in total. The van der Waals surface area contributed by atoms with Gasteiger partial charge in [-0.25, -0.2) is 14.4 Å². The molecule has 0 bridgehead atoms. The Bertz CT molecular complexity index is 1080. The third-order valence-corrected chi connectivity index (χ3v) is 5.76. The van der Waals surface area contributed by atoms with Crippen molar-refractivity contribution in [3.05, 3.63) is 72.1 Å². The van der Waals surface area contributed by atoms with E-state index in [1.54, 1.807) is 12.1 Å². The number of benzene rings is 2. The third kappa shape index (κ3) is 3.99. The molecule has 0 spiro atoms. The molecule has 4 nitrogen and oxygen atoms in total. The van der Waals surface area contributed by atoms with Crippen LogP contribution in [0, 0.1) is 5.82 Å². The molecule has 0 atom stereocenters. The number of hydrogen-bond donors (Lipinski definition) is 1. The summed E-state index contributed by atoms with van der Waals surface area (Å²) in [5.74, 6) is -0.141.